The number of hydrogen-bond donors (Lipinski definition) is 3. The Hall–Kier alpha value is -3.52. The van der Waals surface area contributed by atoms with Crippen LogP contribution in [0.3, 0.4) is 0 Å². The lowest BCUT2D eigenvalue weighted by Crippen LogP contribution is -2.35. The molecule has 1 spiro atoms. The molecule has 0 saturated carbocycles. The van der Waals surface area contributed by atoms with E-state index in [-0.39, 0.29) is 24.8 Å². The Bertz CT molecular complexity index is 1110. The quantitative estimate of drug-likeness (QED) is 0.664. The van der Waals surface area contributed by atoms with Gasteiger partial charge >= 0.3 is 0 Å². The van der Waals surface area contributed by atoms with Gasteiger partial charge in [0.2, 0.25) is 5.91 Å². The third kappa shape index (κ3) is 2.56. The van der Waals surface area contributed by atoms with Gasteiger partial charge in [0.05, 0.1) is 18.6 Å². The van der Waals surface area contributed by atoms with E-state index in [0.29, 0.717) is 24.3 Å². The van der Waals surface area contributed by atoms with Gasteiger partial charge in [-0.3, -0.25) is 19.3 Å². The molecular weight excluding hydrogens is 372 g/mol. The van der Waals surface area contributed by atoms with Crippen LogP contribution >= 0.6 is 0 Å². The average molecular weight is 390 g/mol. The van der Waals surface area contributed by atoms with Crippen molar-refractivity contribution >= 4 is 29.2 Å². The fourth-order valence-corrected chi connectivity index (χ4v) is 4.41. The smallest absolute Gasteiger partial charge is 0.277 e. The highest BCUT2D eigenvalue weighted by atomic mass is 16.3. The summed E-state index contributed by atoms with van der Waals surface area (Å²) in [5, 5.41) is 14.9. The summed E-state index contributed by atoms with van der Waals surface area (Å²) in [6.45, 7) is -0.313. The number of benzene rings is 1. The summed E-state index contributed by atoms with van der Waals surface area (Å²) < 4.78 is 0. The molecule has 0 bridgehead atoms. The van der Waals surface area contributed by atoms with Gasteiger partial charge in [-0.05, 0) is 42.2 Å². The molecule has 146 valence electrons. The van der Waals surface area contributed by atoms with Gasteiger partial charge in [0.15, 0.2) is 0 Å². The number of carbonyl (C=O) groups is 3. The van der Waals surface area contributed by atoms with Crippen molar-refractivity contribution in [3.63, 3.8) is 0 Å². The Morgan fingerprint density at radius 1 is 1.17 bits per heavy atom. The molecule has 0 saturated heterocycles. The predicted molar refractivity (Wildman–Crippen MR) is 104 cm³/mol. The van der Waals surface area contributed by atoms with Crippen molar-refractivity contribution < 1.29 is 19.5 Å². The lowest BCUT2D eigenvalue weighted by Gasteiger charge is -2.20. The van der Waals surface area contributed by atoms with E-state index < -0.39 is 17.2 Å². The molecule has 8 nitrogen and oxygen atoms in total. The van der Waals surface area contributed by atoms with E-state index >= 15 is 0 Å². The number of pyridine rings is 1. The highest BCUT2D eigenvalue weighted by Crippen LogP contribution is 2.47. The lowest BCUT2D eigenvalue weighted by molar-refractivity contribution is -0.137. The number of rotatable bonds is 4. The summed E-state index contributed by atoms with van der Waals surface area (Å²) in [6.07, 6.45) is 4.04. The summed E-state index contributed by atoms with van der Waals surface area (Å²) >= 11 is 0. The van der Waals surface area contributed by atoms with Crippen LogP contribution in [0.4, 0.5) is 11.5 Å². The van der Waals surface area contributed by atoms with Gasteiger partial charge in [-0.15, -0.1) is 0 Å². The van der Waals surface area contributed by atoms with Gasteiger partial charge in [-0.2, -0.15) is 0 Å². The number of imide groups is 1. The molecule has 1 atom stereocenters. The normalized spacial score (nSPS) is 22.0. The standard InChI is InChI=1S/C21H18N4O4/c26-7-6-25-17(27)9-16(19(25)28)23-14-4-3-12-10-21(11-13(12)8-14)15-2-1-5-22-18(15)24-20(21)29/h1-5,8-9,23,26H,6-7,10-11H2,(H,22,24,29). The number of carbonyl (C=O) groups excluding carboxylic acids is 3. The first-order chi connectivity index (χ1) is 14.0. The Morgan fingerprint density at radius 3 is 2.83 bits per heavy atom. The topological polar surface area (TPSA) is 112 Å². The Morgan fingerprint density at radius 2 is 2.00 bits per heavy atom. The predicted octanol–water partition coefficient (Wildman–Crippen LogP) is 0.727. The number of aromatic nitrogens is 1. The molecule has 5 rings (SSSR count). The molecule has 3 heterocycles. The van der Waals surface area contributed by atoms with Crippen molar-refractivity contribution in [1.29, 1.82) is 0 Å². The number of anilines is 2. The van der Waals surface area contributed by atoms with E-state index in [1.807, 2.05) is 30.3 Å². The molecule has 3 N–H and O–H groups in total. The van der Waals surface area contributed by atoms with Crippen LogP contribution in [0.2, 0.25) is 0 Å². The molecule has 1 unspecified atom stereocenters. The first kappa shape index (κ1) is 17.6. The van der Waals surface area contributed by atoms with Crippen molar-refractivity contribution in [2.24, 2.45) is 0 Å². The van der Waals surface area contributed by atoms with Crippen LogP contribution in [0.15, 0.2) is 48.3 Å². The Labute approximate surface area is 166 Å². The summed E-state index contributed by atoms with van der Waals surface area (Å²) in [4.78, 5) is 42.3. The number of β-amino-alcohol motifs (C(OH)–C–C–N with tert-alkyl or cyclic N) is 1. The van der Waals surface area contributed by atoms with Crippen LogP contribution < -0.4 is 10.6 Å². The number of amides is 3. The third-order valence-corrected chi connectivity index (χ3v) is 5.79. The number of nitrogens with zero attached hydrogens (tertiary/aromatic N) is 2. The van der Waals surface area contributed by atoms with E-state index in [9.17, 15) is 14.4 Å². The molecule has 3 amide bonds. The molecule has 8 heteroatoms. The SMILES string of the molecule is O=C1C=C(Nc2ccc3c(c2)CC2(C3)C(=O)Nc3ncccc32)C(=O)N1CCO. The number of nitrogens with one attached hydrogen (secondary N) is 2. The minimum atomic E-state index is -0.652. The monoisotopic (exact) mass is 390 g/mol. The van der Waals surface area contributed by atoms with Gasteiger partial charge in [0.1, 0.15) is 11.5 Å². The van der Waals surface area contributed by atoms with Crippen molar-refractivity contribution in [3.05, 3.63) is 65.0 Å². The van der Waals surface area contributed by atoms with E-state index in [0.717, 1.165) is 21.6 Å². The van der Waals surface area contributed by atoms with Gasteiger partial charge in [-0.25, -0.2) is 4.98 Å². The maximum atomic E-state index is 12.8. The minimum Gasteiger partial charge on any atom is -0.395 e. The van der Waals surface area contributed by atoms with Crippen molar-refractivity contribution in [1.82, 2.24) is 9.88 Å². The van der Waals surface area contributed by atoms with Gasteiger partial charge < -0.3 is 15.7 Å². The zero-order valence-corrected chi connectivity index (χ0v) is 15.4. The third-order valence-electron chi connectivity index (χ3n) is 5.79. The second-order valence-corrected chi connectivity index (χ2v) is 7.47. The maximum absolute atomic E-state index is 12.8. The zero-order valence-electron chi connectivity index (χ0n) is 15.4. The first-order valence-electron chi connectivity index (χ1n) is 9.36. The maximum Gasteiger partial charge on any atom is 0.277 e. The molecule has 3 aliphatic rings. The van der Waals surface area contributed by atoms with Crippen LogP contribution in [0.25, 0.3) is 0 Å². The van der Waals surface area contributed by atoms with Gasteiger partial charge in [-0.1, -0.05) is 12.1 Å². The fourth-order valence-electron chi connectivity index (χ4n) is 4.41. The van der Waals surface area contributed by atoms with Crippen LogP contribution in [-0.4, -0.2) is 45.9 Å². The molecule has 0 radical (unpaired) electrons. The molecule has 1 aliphatic carbocycles. The molecule has 1 aromatic carbocycles. The van der Waals surface area contributed by atoms with Crippen molar-refractivity contribution in [3.8, 4) is 0 Å². The fraction of sp³-hybridized carbons (Fsp3) is 0.238. The molecule has 0 fully saturated rings. The van der Waals surface area contributed by atoms with Crippen LogP contribution in [0.1, 0.15) is 16.7 Å². The number of aliphatic hydroxyl groups is 1. The molecule has 29 heavy (non-hydrogen) atoms. The Balaban J connectivity index is 1.41. The Kier molecular flexibility index (Phi) is 3.78. The van der Waals surface area contributed by atoms with Gasteiger partial charge in [0.25, 0.3) is 11.8 Å². The number of fused-ring (bicyclic) bond motifs is 3. The summed E-state index contributed by atoms with van der Waals surface area (Å²) in [6, 6.07) is 9.47. The number of hydrogen-bond acceptors (Lipinski definition) is 6. The van der Waals surface area contributed by atoms with Crippen LogP contribution in [0, 0.1) is 0 Å². The van der Waals surface area contributed by atoms with Crippen molar-refractivity contribution in [2.45, 2.75) is 18.3 Å². The van der Waals surface area contributed by atoms with Gasteiger partial charge in [0, 0.05) is 23.5 Å². The summed E-state index contributed by atoms with van der Waals surface area (Å²) in [7, 11) is 0. The van der Waals surface area contributed by atoms with E-state index in [2.05, 4.69) is 15.6 Å². The molecular formula is C21H18N4O4. The van der Waals surface area contributed by atoms with E-state index in [1.54, 1.807) is 6.20 Å². The highest BCUT2D eigenvalue weighted by Gasteiger charge is 2.51. The number of aliphatic hydroxyl groups excluding tert-OH is 1. The van der Waals surface area contributed by atoms with E-state index in [1.165, 1.54) is 6.08 Å². The molecule has 1 aromatic heterocycles. The summed E-state index contributed by atoms with van der Waals surface area (Å²) in [5.41, 5.74) is 3.20. The van der Waals surface area contributed by atoms with Crippen LogP contribution in [-0.2, 0) is 32.6 Å². The van der Waals surface area contributed by atoms with Crippen LogP contribution in [0.5, 0.6) is 0 Å². The van der Waals surface area contributed by atoms with Crippen molar-refractivity contribution in [2.75, 3.05) is 23.8 Å². The summed E-state index contributed by atoms with van der Waals surface area (Å²) in [5.74, 6) is -0.335. The minimum absolute atomic E-state index is 0.0331. The first-order valence-corrected chi connectivity index (χ1v) is 9.36. The molecule has 2 aliphatic heterocycles. The molecule has 2 aromatic rings. The van der Waals surface area contributed by atoms with E-state index in [4.69, 9.17) is 5.11 Å². The zero-order chi connectivity index (χ0) is 20.2. The lowest BCUT2D eigenvalue weighted by atomic mass is 9.79. The highest BCUT2D eigenvalue weighted by molar-refractivity contribution is 6.17. The second kappa shape index (κ2) is 6.25. The largest absolute Gasteiger partial charge is 0.395 e. The average Bonchev–Trinajstić information content (AvgIpc) is 3.31. The second-order valence-electron chi connectivity index (χ2n) is 7.47.